The predicted octanol–water partition coefficient (Wildman–Crippen LogP) is 17.0. The molecule has 0 aromatic heterocycles. The zero-order valence-electron chi connectivity index (χ0n) is 43.7. The number of unbranched alkanes of at least 4 members (excludes halogenated alkanes) is 24. The van der Waals surface area contributed by atoms with E-state index in [-0.39, 0.29) is 32.2 Å². The quantitative estimate of drug-likeness (QED) is 0.0214. The molecule has 0 amide bonds. The first-order chi connectivity index (χ1) is 32.1. The van der Waals surface area contributed by atoms with Crippen molar-refractivity contribution in [2.45, 2.75) is 232 Å². The highest BCUT2D eigenvalue weighted by Crippen LogP contribution is 2.43. The molecule has 0 radical (unpaired) electrons. The SMILES string of the molecule is CC/C=C\C/C=C\C/C=C\C/C=C\C/C=C\C/C=C\CCCCC(=O)OC(COCCCCCCCCCCCCCCCCCCCCCCCCC)COP(=O)(O)OCC[N+](C)(C)C. The van der Waals surface area contributed by atoms with Crippen molar-refractivity contribution in [3.8, 4) is 0 Å². The van der Waals surface area contributed by atoms with Crippen molar-refractivity contribution in [3.05, 3.63) is 72.9 Å². The number of allylic oxidation sites excluding steroid dienone is 12. The van der Waals surface area contributed by atoms with Crippen LogP contribution >= 0.6 is 7.82 Å². The number of carbonyl (C=O) groups is 1. The number of esters is 1. The monoisotopic (exact) mass is 947 g/mol. The van der Waals surface area contributed by atoms with Gasteiger partial charge in [-0.2, -0.15) is 0 Å². The minimum atomic E-state index is -4.30. The molecule has 2 unspecified atom stereocenters. The molecule has 8 nitrogen and oxygen atoms in total. The standard InChI is InChI=1S/C57H104NO7P/c1-6-8-10-12-14-16-18-20-22-24-26-28-29-31-33-35-37-39-41-43-45-47-49-52-62-54-56(55-64-66(60,61)63-53-51-58(3,4)5)65-57(59)50-48-46-44-42-40-38-36-34-32-30-27-25-23-21-19-17-15-13-11-9-7-2/h9,11,15,17,21,23,27,30,34,36,40,42,56H,6-8,10,12-14,16,18-20,22,24-26,28-29,31-33,35,37-39,41,43-55H2,1-5H3/p+1/b11-9-,17-15-,23-21-,30-27-,36-34-,42-40-. The van der Waals surface area contributed by atoms with Crippen LogP contribution in [0.2, 0.25) is 0 Å². The lowest BCUT2D eigenvalue weighted by Crippen LogP contribution is -2.37. The number of nitrogens with zero attached hydrogens (tertiary/aromatic N) is 1. The Balaban J connectivity index is 4.18. The van der Waals surface area contributed by atoms with E-state index >= 15 is 0 Å². The van der Waals surface area contributed by atoms with Crippen LogP contribution in [0, 0.1) is 0 Å². The van der Waals surface area contributed by atoms with E-state index in [4.69, 9.17) is 18.5 Å². The molecule has 0 heterocycles. The lowest BCUT2D eigenvalue weighted by Gasteiger charge is -2.24. The van der Waals surface area contributed by atoms with Crippen molar-refractivity contribution in [2.75, 3.05) is 54.1 Å². The normalized spacial score (nSPS) is 14.1. The van der Waals surface area contributed by atoms with Crippen LogP contribution in [0.25, 0.3) is 0 Å². The third-order valence-corrected chi connectivity index (χ3v) is 12.5. The second-order valence-corrected chi connectivity index (χ2v) is 20.7. The Morgan fingerprint density at radius 2 is 0.879 bits per heavy atom. The molecule has 2 atom stereocenters. The topological polar surface area (TPSA) is 91.3 Å². The number of hydrogen-bond acceptors (Lipinski definition) is 6. The smallest absolute Gasteiger partial charge is 0.457 e. The summed E-state index contributed by atoms with van der Waals surface area (Å²) < 4.78 is 35.2. The molecule has 0 rings (SSSR count). The van der Waals surface area contributed by atoms with Crippen LogP contribution in [0.1, 0.15) is 226 Å². The summed E-state index contributed by atoms with van der Waals surface area (Å²) in [4.78, 5) is 23.0. The Morgan fingerprint density at radius 1 is 0.485 bits per heavy atom. The van der Waals surface area contributed by atoms with Crippen LogP contribution < -0.4 is 0 Å². The van der Waals surface area contributed by atoms with Gasteiger partial charge in [0.2, 0.25) is 0 Å². The van der Waals surface area contributed by atoms with Gasteiger partial charge in [-0.05, 0) is 64.2 Å². The van der Waals surface area contributed by atoms with Gasteiger partial charge in [0, 0.05) is 13.0 Å². The third-order valence-electron chi connectivity index (χ3n) is 11.5. The summed E-state index contributed by atoms with van der Waals surface area (Å²) in [5, 5.41) is 0. The van der Waals surface area contributed by atoms with Gasteiger partial charge >= 0.3 is 13.8 Å². The number of ether oxygens (including phenoxy) is 2. The average Bonchev–Trinajstić information content (AvgIpc) is 3.28. The van der Waals surface area contributed by atoms with Gasteiger partial charge in [-0.25, -0.2) is 4.57 Å². The van der Waals surface area contributed by atoms with Gasteiger partial charge in [-0.15, -0.1) is 0 Å². The molecule has 0 aliphatic heterocycles. The summed E-state index contributed by atoms with van der Waals surface area (Å²) >= 11 is 0. The summed E-state index contributed by atoms with van der Waals surface area (Å²) in [6.07, 6.45) is 65.4. The Hall–Kier alpha value is -2.06. The number of carbonyl (C=O) groups excluding carboxylic acids is 1. The molecule has 0 aliphatic rings. The Bertz CT molecular complexity index is 1280. The van der Waals surface area contributed by atoms with Crippen LogP contribution in [0.5, 0.6) is 0 Å². The number of phosphoric ester groups is 1. The second-order valence-electron chi connectivity index (χ2n) is 19.2. The van der Waals surface area contributed by atoms with E-state index in [1.807, 2.05) is 21.1 Å². The third kappa shape index (κ3) is 52.9. The maximum Gasteiger partial charge on any atom is 0.472 e. The van der Waals surface area contributed by atoms with Gasteiger partial charge in [-0.3, -0.25) is 13.8 Å². The molecule has 0 fully saturated rings. The maximum absolute atomic E-state index is 12.8. The maximum atomic E-state index is 12.8. The Morgan fingerprint density at radius 3 is 1.29 bits per heavy atom. The number of quaternary nitrogens is 1. The van der Waals surface area contributed by atoms with Gasteiger partial charge in [0.15, 0.2) is 0 Å². The first-order valence-corrected chi connectivity index (χ1v) is 28.7. The summed E-state index contributed by atoms with van der Waals surface area (Å²) in [7, 11) is 1.64. The summed E-state index contributed by atoms with van der Waals surface area (Å²) in [5.74, 6) is -0.353. The number of phosphoric acid groups is 1. The van der Waals surface area contributed by atoms with E-state index < -0.39 is 13.9 Å². The fraction of sp³-hybridized carbons (Fsp3) is 0.772. The molecule has 0 spiro atoms. The minimum Gasteiger partial charge on any atom is -0.457 e. The molecule has 0 saturated carbocycles. The van der Waals surface area contributed by atoms with E-state index in [1.165, 1.54) is 135 Å². The van der Waals surface area contributed by atoms with Gasteiger partial charge in [0.05, 0.1) is 34.4 Å². The van der Waals surface area contributed by atoms with Gasteiger partial charge < -0.3 is 18.9 Å². The first-order valence-electron chi connectivity index (χ1n) is 27.2. The van der Waals surface area contributed by atoms with Crippen LogP contribution in [0.15, 0.2) is 72.9 Å². The molecule has 384 valence electrons. The van der Waals surface area contributed by atoms with E-state index in [0.717, 1.165) is 64.2 Å². The Labute approximate surface area is 408 Å². The largest absolute Gasteiger partial charge is 0.472 e. The molecular formula is C57H105NO7P+. The highest BCUT2D eigenvalue weighted by atomic mass is 31.2. The highest BCUT2D eigenvalue weighted by molar-refractivity contribution is 7.47. The molecule has 0 aromatic carbocycles. The van der Waals surface area contributed by atoms with Gasteiger partial charge in [0.25, 0.3) is 0 Å². The summed E-state index contributed by atoms with van der Waals surface area (Å²) in [5.41, 5.74) is 0. The molecule has 66 heavy (non-hydrogen) atoms. The number of likely N-dealkylation sites (N-methyl/N-ethyl adjacent to an activating group) is 1. The van der Waals surface area contributed by atoms with Crippen molar-refractivity contribution in [1.82, 2.24) is 0 Å². The van der Waals surface area contributed by atoms with Crippen molar-refractivity contribution < 1.29 is 37.3 Å². The van der Waals surface area contributed by atoms with Crippen molar-refractivity contribution in [2.24, 2.45) is 0 Å². The van der Waals surface area contributed by atoms with Crippen LogP contribution in [0.4, 0.5) is 0 Å². The fourth-order valence-corrected chi connectivity index (χ4v) is 8.12. The van der Waals surface area contributed by atoms with Gasteiger partial charge in [0.1, 0.15) is 19.3 Å². The van der Waals surface area contributed by atoms with Crippen molar-refractivity contribution >= 4 is 13.8 Å². The highest BCUT2D eigenvalue weighted by Gasteiger charge is 2.26. The van der Waals surface area contributed by atoms with Crippen LogP contribution in [-0.2, 0) is 27.9 Å². The molecule has 0 aromatic rings. The summed E-state index contributed by atoms with van der Waals surface area (Å²) in [6, 6.07) is 0. The molecule has 0 aliphatic carbocycles. The molecule has 1 N–H and O–H groups in total. The molecule has 0 saturated heterocycles. The Kier molecular flexibility index (Phi) is 47.8. The van der Waals surface area contributed by atoms with E-state index in [1.54, 1.807) is 0 Å². The lowest BCUT2D eigenvalue weighted by molar-refractivity contribution is -0.870. The van der Waals surface area contributed by atoms with Crippen molar-refractivity contribution in [1.29, 1.82) is 0 Å². The van der Waals surface area contributed by atoms with Gasteiger partial charge in [-0.1, -0.05) is 228 Å². The van der Waals surface area contributed by atoms with E-state index in [9.17, 15) is 14.3 Å². The molecule has 9 heteroatoms. The van der Waals surface area contributed by atoms with Crippen molar-refractivity contribution in [3.63, 3.8) is 0 Å². The van der Waals surface area contributed by atoms with E-state index in [2.05, 4.69) is 86.8 Å². The summed E-state index contributed by atoms with van der Waals surface area (Å²) in [6.45, 7) is 5.47. The zero-order chi connectivity index (χ0) is 48.3. The van der Waals surface area contributed by atoms with E-state index in [0.29, 0.717) is 24.1 Å². The number of rotatable bonds is 50. The predicted molar refractivity (Wildman–Crippen MR) is 284 cm³/mol. The lowest BCUT2D eigenvalue weighted by atomic mass is 10.0. The number of hydrogen-bond donors (Lipinski definition) is 1. The van der Waals surface area contributed by atoms with Crippen LogP contribution in [0.3, 0.4) is 0 Å². The average molecular weight is 947 g/mol. The fourth-order valence-electron chi connectivity index (χ4n) is 7.38. The molecular weight excluding hydrogens is 842 g/mol. The first kappa shape index (κ1) is 63.9. The minimum absolute atomic E-state index is 0.0779. The van der Waals surface area contributed by atoms with Crippen LogP contribution in [-0.4, -0.2) is 75.6 Å². The zero-order valence-corrected chi connectivity index (χ0v) is 44.6. The molecule has 0 bridgehead atoms. The second kappa shape index (κ2) is 49.4.